The zero-order valence-corrected chi connectivity index (χ0v) is 33.2. The Morgan fingerprint density at radius 1 is 0.311 bits per heavy atom. The topological polar surface area (TPSA) is 21.3 Å². The molecule has 0 unspecified atom stereocenters. The summed E-state index contributed by atoms with van der Waals surface area (Å²) in [5, 5.41) is 7.27. The van der Waals surface area contributed by atoms with Gasteiger partial charge >= 0.3 is 0 Å². The van der Waals surface area contributed by atoms with E-state index in [2.05, 4.69) is 228 Å². The summed E-state index contributed by atoms with van der Waals surface area (Å²) in [5.41, 5.74) is 15.6. The van der Waals surface area contributed by atoms with Crippen LogP contribution in [0.2, 0.25) is 0 Å². The molecule has 0 spiro atoms. The molecule has 3 heteroatoms. The fraction of sp³-hybridized carbons (Fsp3) is 0. The zero-order chi connectivity index (χ0) is 40.3. The smallest absolute Gasteiger partial charge is 0.136 e. The predicted octanol–water partition coefficient (Wildman–Crippen LogP) is 16.3. The van der Waals surface area contributed by atoms with E-state index < -0.39 is 0 Å². The first-order valence-electron chi connectivity index (χ1n) is 20.8. The van der Waals surface area contributed by atoms with Crippen molar-refractivity contribution in [3.8, 4) is 39.1 Å². The van der Waals surface area contributed by atoms with Gasteiger partial charge in [-0.15, -0.1) is 0 Å². The number of rotatable bonds is 7. The molecule has 0 N–H and O–H groups in total. The highest BCUT2D eigenvalue weighted by molar-refractivity contribution is 6.19. The van der Waals surface area contributed by atoms with Crippen LogP contribution in [0.15, 0.2) is 235 Å². The van der Waals surface area contributed by atoms with Crippen LogP contribution in [0.3, 0.4) is 0 Å². The third-order valence-corrected chi connectivity index (χ3v) is 12.2. The molecule has 3 nitrogen and oxygen atoms in total. The van der Waals surface area contributed by atoms with Gasteiger partial charge in [-0.05, 0) is 112 Å². The van der Waals surface area contributed by atoms with Crippen LogP contribution < -0.4 is 4.90 Å². The molecule has 0 aliphatic rings. The molecule has 61 heavy (non-hydrogen) atoms. The van der Waals surface area contributed by atoms with Gasteiger partial charge in [0.05, 0.1) is 11.0 Å². The normalized spacial score (nSPS) is 11.6. The Bertz CT molecular complexity index is 3560. The fourth-order valence-electron chi connectivity index (χ4n) is 9.22. The predicted molar refractivity (Wildman–Crippen MR) is 257 cm³/mol. The van der Waals surface area contributed by atoms with Crippen molar-refractivity contribution in [3.05, 3.63) is 231 Å². The van der Waals surface area contributed by atoms with E-state index in [-0.39, 0.29) is 0 Å². The van der Waals surface area contributed by atoms with Crippen LogP contribution in [0.5, 0.6) is 0 Å². The van der Waals surface area contributed by atoms with Gasteiger partial charge in [-0.25, -0.2) is 0 Å². The van der Waals surface area contributed by atoms with E-state index >= 15 is 0 Å². The van der Waals surface area contributed by atoms with Gasteiger partial charge < -0.3 is 13.9 Å². The maximum Gasteiger partial charge on any atom is 0.136 e. The van der Waals surface area contributed by atoms with Crippen LogP contribution in [0.25, 0.3) is 93.6 Å². The second-order valence-corrected chi connectivity index (χ2v) is 15.7. The number of aromatic nitrogens is 1. The summed E-state index contributed by atoms with van der Waals surface area (Å²) in [4.78, 5) is 2.35. The molecule has 0 amide bonds. The molecule has 286 valence electrons. The average molecular weight is 779 g/mol. The molecule has 0 atom stereocenters. The number of nitrogens with zero attached hydrogens (tertiary/aromatic N) is 2. The lowest BCUT2D eigenvalue weighted by Gasteiger charge is -2.26. The van der Waals surface area contributed by atoms with Crippen molar-refractivity contribution in [1.82, 2.24) is 4.57 Å². The first kappa shape index (κ1) is 34.9. The van der Waals surface area contributed by atoms with Crippen LogP contribution in [0.1, 0.15) is 0 Å². The minimum Gasteiger partial charge on any atom is -0.456 e. The van der Waals surface area contributed by atoms with E-state index in [1.807, 2.05) is 12.1 Å². The van der Waals surface area contributed by atoms with Crippen molar-refractivity contribution >= 4 is 71.6 Å². The molecule has 0 aliphatic heterocycles. The van der Waals surface area contributed by atoms with Gasteiger partial charge in [0.2, 0.25) is 0 Å². The Kier molecular flexibility index (Phi) is 8.17. The molecule has 2 heterocycles. The summed E-state index contributed by atoms with van der Waals surface area (Å²) in [6.07, 6.45) is 0. The van der Waals surface area contributed by atoms with Crippen molar-refractivity contribution in [3.63, 3.8) is 0 Å². The second-order valence-electron chi connectivity index (χ2n) is 15.7. The SMILES string of the molecule is c1ccc(-c2cccc(N(c3ccc(-c4ccc5c(c4)oc4ccccc45)cc3)c3ccc(-c4ccc5c6ccc7ccccc7c6n(-c6ccccc6)c5c4)cc3)c2)cc1. The monoisotopic (exact) mass is 778 g/mol. The molecule has 2 aromatic heterocycles. The number of hydrogen-bond acceptors (Lipinski definition) is 2. The summed E-state index contributed by atoms with van der Waals surface area (Å²) < 4.78 is 8.68. The summed E-state index contributed by atoms with van der Waals surface area (Å²) in [7, 11) is 0. The Morgan fingerprint density at radius 2 is 0.852 bits per heavy atom. The molecule has 10 aromatic carbocycles. The summed E-state index contributed by atoms with van der Waals surface area (Å²) >= 11 is 0. The van der Waals surface area contributed by atoms with Gasteiger partial charge in [0.15, 0.2) is 0 Å². The average Bonchev–Trinajstić information content (AvgIpc) is 3.88. The number of furan rings is 1. The highest BCUT2D eigenvalue weighted by Gasteiger charge is 2.18. The molecule has 12 aromatic rings. The van der Waals surface area contributed by atoms with Gasteiger partial charge in [0.25, 0.3) is 0 Å². The molecule has 12 rings (SSSR count). The van der Waals surface area contributed by atoms with Crippen LogP contribution in [-0.4, -0.2) is 4.57 Å². The van der Waals surface area contributed by atoms with Gasteiger partial charge in [0, 0.05) is 49.7 Å². The maximum absolute atomic E-state index is 6.25. The lowest BCUT2D eigenvalue weighted by atomic mass is 10.0. The Labute approximate surface area is 353 Å². The van der Waals surface area contributed by atoms with E-state index in [0.717, 1.165) is 61.4 Å². The standard InChI is InChI=1S/C58H38N2O/c1-3-12-39(13-4-1)43-15-11-18-49(36-43)59(48-31-24-41(25-32-48)45-28-34-53-52-20-9-10-21-56(52)61-57(53)38-45)47-29-22-40(23-30-47)44-27-33-51-54-35-26-42-14-7-8-19-50(42)58(54)60(55(51)37-44)46-16-5-2-6-17-46/h1-38H. The quantitative estimate of drug-likeness (QED) is 0.161. The number of para-hydroxylation sites is 2. The molecule has 0 radical (unpaired) electrons. The third-order valence-electron chi connectivity index (χ3n) is 12.2. The number of anilines is 3. The van der Waals surface area contributed by atoms with Crippen LogP contribution >= 0.6 is 0 Å². The van der Waals surface area contributed by atoms with E-state index in [1.165, 1.54) is 49.3 Å². The Morgan fingerprint density at radius 3 is 1.61 bits per heavy atom. The van der Waals surface area contributed by atoms with Crippen LogP contribution in [-0.2, 0) is 0 Å². The van der Waals surface area contributed by atoms with Crippen molar-refractivity contribution in [2.45, 2.75) is 0 Å². The third kappa shape index (κ3) is 5.98. The fourth-order valence-corrected chi connectivity index (χ4v) is 9.22. The van der Waals surface area contributed by atoms with Gasteiger partial charge in [-0.3, -0.25) is 0 Å². The molecule has 0 bridgehead atoms. The van der Waals surface area contributed by atoms with Gasteiger partial charge in [-0.1, -0.05) is 158 Å². The van der Waals surface area contributed by atoms with E-state index in [1.54, 1.807) is 0 Å². The summed E-state index contributed by atoms with van der Waals surface area (Å²) in [6.45, 7) is 0. The van der Waals surface area contributed by atoms with Crippen molar-refractivity contribution in [1.29, 1.82) is 0 Å². The van der Waals surface area contributed by atoms with Crippen molar-refractivity contribution in [2.75, 3.05) is 4.90 Å². The molecule has 0 fully saturated rings. The summed E-state index contributed by atoms with van der Waals surface area (Å²) in [6, 6.07) is 82.9. The lowest BCUT2D eigenvalue weighted by Crippen LogP contribution is -2.10. The summed E-state index contributed by atoms with van der Waals surface area (Å²) in [5.74, 6) is 0. The van der Waals surface area contributed by atoms with Crippen molar-refractivity contribution < 1.29 is 4.42 Å². The van der Waals surface area contributed by atoms with Gasteiger partial charge in [0.1, 0.15) is 11.2 Å². The molecule has 0 saturated heterocycles. The highest BCUT2D eigenvalue weighted by Crippen LogP contribution is 2.41. The second kappa shape index (κ2) is 14.3. The molecular weight excluding hydrogens is 741 g/mol. The maximum atomic E-state index is 6.25. The first-order valence-corrected chi connectivity index (χ1v) is 20.8. The van der Waals surface area contributed by atoms with E-state index in [0.29, 0.717) is 0 Å². The zero-order valence-electron chi connectivity index (χ0n) is 33.2. The highest BCUT2D eigenvalue weighted by atomic mass is 16.3. The van der Waals surface area contributed by atoms with Crippen molar-refractivity contribution in [2.24, 2.45) is 0 Å². The molecule has 0 aliphatic carbocycles. The molecular formula is C58H38N2O. The largest absolute Gasteiger partial charge is 0.456 e. The minimum atomic E-state index is 0.899. The number of benzene rings is 10. The minimum absolute atomic E-state index is 0.899. The van der Waals surface area contributed by atoms with Gasteiger partial charge in [-0.2, -0.15) is 0 Å². The number of hydrogen-bond donors (Lipinski definition) is 0. The Hall–Kier alpha value is -8.14. The van der Waals surface area contributed by atoms with E-state index in [9.17, 15) is 0 Å². The van der Waals surface area contributed by atoms with Crippen LogP contribution in [0, 0.1) is 0 Å². The van der Waals surface area contributed by atoms with Crippen LogP contribution in [0.4, 0.5) is 17.1 Å². The number of fused-ring (bicyclic) bond motifs is 8. The Balaban J connectivity index is 0.952. The lowest BCUT2D eigenvalue weighted by molar-refractivity contribution is 0.669. The molecule has 0 saturated carbocycles. The van der Waals surface area contributed by atoms with E-state index in [4.69, 9.17) is 4.42 Å². The first-order chi connectivity index (χ1) is 30.2.